The number of methoxy groups -OCH3 is 2. The Morgan fingerprint density at radius 3 is 2.18 bits per heavy atom. The van der Waals surface area contributed by atoms with E-state index in [1.807, 2.05) is 66.7 Å². The molecule has 0 aliphatic carbocycles. The molecule has 0 radical (unpaired) electrons. The highest BCUT2D eigenvalue weighted by atomic mass is 16.5. The van der Waals surface area contributed by atoms with Gasteiger partial charge in [0, 0.05) is 49.2 Å². The maximum atomic E-state index is 13.9. The minimum Gasteiger partial charge on any atom is -0.493 e. The maximum absolute atomic E-state index is 13.9. The number of hydrogen-bond donors (Lipinski definition) is 3. The van der Waals surface area contributed by atoms with Crippen molar-refractivity contribution in [2.45, 2.75) is 32.1 Å². The second-order valence-corrected chi connectivity index (χ2v) is 13.6. The molecule has 0 aromatic heterocycles. The van der Waals surface area contributed by atoms with Crippen LogP contribution >= 0.6 is 0 Å². The summed E-state index contributed by atoms with van der Waals surface area (Å²) in [6.07, 6.45) is 1.69. The van der Waals surface area contributed by atoms with Gasteiger partial charge in [-0.3, -0.25) is 24.1 Å². The van der Waals surface area contributed by atoms with Gasteiger partial charge in [-0.2, -0.15) is 0 Å². The molecule has 3 aliphatic rings. The Hall–Kier alpha value is -7.02. The van der Waals surface area contributed by atoms with Crippen LogP contribution in [0, 0.1) is 0 Å². The predicted molar refractivity (Wildman–Crippen MR) is 212 cm³/mol. The smallest absolute Gasteiger partial charge is 0.261 e. The fourth-order valence-electron chi connectivity index (χ4n) is 7.59. The Labute approximate surface area is 323 Å². The SMILES string of the molecule is CNc1cc(COc2cc(NC=O)c(C(=O)N3CCc4ccccc43)cc2OC)cc(COc2cc3c(cc2OC)C(=O)N2c4ccccc4C[C@H]2C(=O)N3)c1. The third-order valence-electron chi connectivity index (χ3n) is 10.3. The zero-order chi connectivity index (χ0) is 38.9. The summed E-state index contributed by atoms with van der Waals surface area (Å²) >= 11 is 0. The second kappa shape index (κ2) is 15.0. The van der Waals surface area contributed by atoms with E-state index in [1.54, 1.807) is 41.1 Å². The third-order valence-corrected chi connectivity index (χ3v) is 10.3. The average Bonchev–Trinajstić information content (AvgIpc) is 3.82. The summed E-state index contributed by atoms with van der Waals surface area (Å²) in [5.41, 5.74) is 7.20. The number of hydrogen-bond acceptors (Lipinski definition) is 9. The highest BCUT2D eigenvalue weighted by Gasteiger charge is 2.42. The lowest BCUT2D eigenvalue weighted by atomic mass is 10.1. The van der Waals surface area contributed by atoms with Gasteiger partial charge in [0.2, 0.25) is 12.3 Å². The quantitative estimate of drug-likeness (QED) is 0.127. The van der Waals surface area contributed by atoms with Crippen LogP contribution < -0.4 is 44.7 Å². The maximum Gasteiger partial charge on any atom is 0.261 e. The largest absolute Gasteiger partial charge is 0.493 e. The van der Waals surface area contributed by atoms with Crippen LogP contribution in [-0.4, -0.2) is 58.0 Å². The minimum atomic E-state index is -0.658. The summed E-state index contributed by atoms with van der Waals surface area (Å²) in [5, 5.41) is 8.77. The summed E-state index contributed by atoms with van der Waals surface area (Å²) in [6, 6.07) is 26.8. The van der Waals surface area contributed by atoms with Crippen LogP contribution in [-0.2, 0) is 35.6 Å². The number of para-hydroxylation sites is 2. The number of ether oxygens (including phenoxy) is 4. The molecular weight excluding hydrogens is 714 g/mol. The van der Waals surface area contributed by atoms with E-state index in [0.29, 0.717) is 59.3 Å². The number of fused-ring (bicyclic) bond motifs is 5. The molecule has 3 aliphatic heterocycles. The van der Waals surface area contributed by atoms with Crippen LogP contribution in [0.2, 0.25) is 0 Å². The molecule has 5 aromatic rings. The summed E-state index contributed by atoms with van der Waals surface area (Å²) < 4.78 is 23.8. The number of amides is 4. The van der Waals surface area contributed by atoms with Gasteiger partial charge in [-0.15, -0.1) is 0 Å². The number of anilines is 5. The van der Waals surface area contributed by atoms with Gasteiger partial charge in [-0.05, 0) is 71.1 Å². The number of carbonyl (C=O) groups excluding carboxylic acids is 4. The standard InChI is InChI=1S/C43H39N5O8/c1-44-29-15-25(22-55-39-20-32(45-24-49)30(18-37(39)53-2)42(51)47-13-12-27-8-4-6-10-34(27)47)14-26(16-29)23-56-40-21-33-31(19-38(40)54-3)43(52)48-35-11-7-5-9-28(35)17-36(48)41(50)46-33/h4-11,14-16,18-21,24,36,44H,12-13,17,22-23H2,1-3H3,(H,45,49)(H,46,50)/t36-/m0/s1. The van der Waals surface area contributed by atoms with Gasteiger partial charge in [0.25, 0.3) is 11.8 Å². The van der Waals surface area contributed by atoms with E-state index in [2.05, 4.69) is 16.0 Å². The summed E-state index contributed by atoms with van der Waals surface area (Å²) in [4.78, 5) is 55.9. The molecule has 284 valence electrons. The number of nitrogens with zero attached hydrogens (tertiary/aromatic N) is 2. The van der Waals surface area contributed by atoms with Crippen molar-refractivity contribution in [2.75, 3.05) is 53.6 Å². The van der Waals surface area contributed by atoms with Crippen LogP contribution in [0.5, 0.6) is 23.0 Å². The van der Waals surface area contributed by atoms with Gasteiger partial charge in [-0.25, -0.2) is 0 Å². The zero-order valence-electron chi connectivity index (χ0n) is 31.0. The second-order valence-electron chi connectivity index (χ2n) is 13.6. The average molecular weight is 754 g/mol. The van der Waals surface area contributed by atoms with Gasteiger partial charge >= 0.3 is 0 Å². The van der Waals surface area contributed by atoms with E-state index >= 15 is 0 Å². The molecule has 0 spiro atoms. The lowest BCUT2D eigenvalue weighted by Gasteiger charge is -2.21. The summed E-state index contributed by atoms with van der Waals surface area (Å²) in [6.45, 7) is 0.759. The molecule has 3 N–H and O–H groups in total. The monoisotopic (exact) mass is 753 g/mol. The molecule has 0 saturated heterocycles. The molecule has 0 unspecified atom stereocenters. The Morgan fingerprint density at radius 2 is 1.48 bits per heavy atom. The lowest BCUT2D eigenvalue weighted by Crippen LogP contribution is -2.42. The molecule has 56 heavy (non-hydrogen) atoms. The van der Waals surface area contributed by atoms with Gasteiger partial charge in [0.15, 0.2) is 23.0 Å². The van der Waals surface area contributed by atoms with Crippen LogP contribution in [0.1, 0.15) is 43.0 Å². The Bertz CT molecular complexity index is 2400. The van der Waals surface area contributed by atoms with E-state index < -0.39 is 6.04 Å². The van der Waals surface area contributed by atoms with Gasteiger partial charge < -0.3 is 39.8 Å². The van der Waals surface area contributed by atoms with Crippen molar-refractivity contribution < 1.29 is 38.1 Å². The third kappa shape index (κ3) is 6.57. The van der Waals surface area contributed by atoms with Crippen molar-refractivity contribution >= 4 is 52.6 Å². The van der Waals surface area contributed by atoms with Gasteiger partial charge in [0.05, 0.1) is 36.7 Å². The molecule has 1 atom stereocenters. The number of carbonyl (C=O) groups is 4. The molecule has 0 bridgehead atoms. The number of rotatable bonds is 12. The van der Waals surface area contributed by atoms with Crippen molar-refractivity contribution in [1.29, 1.82) is 0 Å². The first kappa shape index (κ1) is 36.0. The van der Waals surface area contributed by atoms with Crippen molar-refractivity contribution in [3.8, 4) is 23.0 Å². The Morgan fingerprint density at radius 1 is 0.821 bits per heavy atom. The predicted octanol–water partition coefficient (Wildman–Crippen LogP) is 6.20. The molecule has 5 aromatic carbocycles. The van der Waals surface area contributed by atoms with Crippen molar-refractivity contribution in [3.63, 3.8) is 0 Å². The van der Waals surface area contributed by atoms with Crippen LogP contribution in [0.15, 0.2) is 91.0 Å². The molecular formula is C43H39N5O8. The molecule has 13 heteroatoms. The molecule has 0 saturated carbocycles. The van der Waals surface area contributed by atoms with Crippen molar-refractivity contribution in [2.24, 2.45) is 0 Å². The fraction of sp³-hybridized carbons (Fsp3) is 0.209. The zero-order valence-corrected chi connectivity index (χ0v) is 31.0. The van der Waals surface area contributed by atoms with Crippen LogP contribution in [0.25, 0.3) is 0 Å². The van der Waals surface area contributed by atoms with Crippen molar-refractivity contribution in [1.82, 2.24) is 0 Å². The highest BCUT2D eigenvalue weighted by Crippen LogP contribution is 2.41. The first-order valence-corrected chi connectivity index (χ1v) is 18.1. The van der Waals surface area contributed by atoms with Crippen LogP contribution in [0.4, 0.5) is 28.4 Å². The highest BCUT2D eigenvalue weighted by molar-refractivity contribution is 6.20. The van der Waals surface area contributed by atoms with E-state index in [1.165, 1.54) is 14.2 Å². The van der Waals surface area contributed by atoms with Gasteiger partial charge in [-0.1, -0.05) is 36.4 Å². The van der Waals surface area contributed by atoms with E-state index in [4.69, 9.17) is 18.9 Å². The van der Waals surface area contributed by atoms with E-state index in [-0.39, 0.29) is 36.5 Å². The normalized spacial score (nSPS) is 15.1. The topological polar surface area (TPSA) is 148 Å². The Balaban J connectivity index is 1.01. The minimum absolute atomic E-state index is 0.114. The molecule has 0 fully saturated rings. The number of benzene rings is 5. The Kier molecular flexibility index (Phi) is 9.65. The van der Waals surface area contributed by atoms with Crippen molar-refractivity contribution in [3.05, 3.63) is 124 Å². The molecule has 13 nitrogen and oxygen atoms in total. The first-order valence-electron chi connectivity index (χ1n) is 18.1. The van der Waals surface area contributed by atoms with E-state index in [0.717, 1.165) is 45.7 Å². The van der Waals surface area contributed by atoms with Crippen LogP contribution in [0.3, 0.4) is 0 Å². The number of nitrogens with one attached hydrogen (secondary N) is 3. The lowest BCUT2D eigenvalue weighted by molar-refractivity contribution is -0.117. The molecule has 4 amide bonds. The molecule has 3 heterocycles. The summed E-state index contributed by atoms with van der Waals surface area (Å²) in [7, 11) is 4.79. The first-order chi connectivity index (χ1) is 27.3. The molecule has 8 rings (SSSR count). The van der Waals surface area contributed by atoms with Gasteiger partial charge in [0.1, 0.15) is 19.3 Å². The van der Waals surface area contributed by atoms with E-state index in [9.17, 15) is 19.2 Å². The summed E-state index contributed by atoms with van der Waals surface area (Å²) in [5.74, 6) is 0.514. The fourth-order valence-corrected chi connectivity index (χ4v) is 7.59.